The molecule has 0 atom stereocenters. The molecule has 36 heavy (non-hydrogen) atoms. The second-order valence-corrected chi connectivity index (χ2v) is 7.75. The normalized spacial score (nSPS) is 10.5. The number of amides is 1. The van der Waals surface area contributed by atoms with Crippen molar-refractivity contribution in [2.45, 2.75) is 13.2 Å². The molecule has 1 N–H and O–H groups in total. The molecule has 0 aliphatic rings. The number of ether oxygens (including phenoxy) is 3. The average molecular weight is 490 g/mol. The van der Waals surface area contributed by atoms with E-state index in [1.165, 1.54) is 28.9 Å². The summed E-state index contributed by atoms with van der Waals surface area (Å²) in [5.74, 6) is 0.821. The summed E-state index contributed by atoms with van der Waals surface area (Å²) in [7, 11) is 3.12. The molecule has 3 aromatic carbocycles. The van der Waals surface area contributed by atoms with E-state index in [0.717, 1.165) is 5.56 Å². The Morgan fingerprint density at radius 2 is 1.78 bits per heavy atom. The zero-order valence-electron chi connectivity index (χ0n) is 19.7. The number of nitrogens with one attached hydrogen (secondary N) is 1. The molecule has 1 aromatic heterocycles. The Bertz CT molecular complexity index is 1420. The van der Waals surface area contributed by atoms with Crippen molar-refractivity contribution < 1.29 is 23.4 Å². The minimum atomic E-state index is -0.364. The fourth-order valence-corrected chi connectivity index (χ4v) is 3.47. The van der Waals surface area contributed by atoms with E-state index >= 15 is 0 Å². The van der Waals surface area contributed by atoms with Crippen molar-refractivity contribution >= 4 is 5.91 Å². The Morgan fingerprint density at radius 3 is 2.50 bits per heavy atom. The van der Waals surface area contributed by atoms with Gasteiger partial charge >= 0.3 is 0 Å². The highest BCUT2D eigenvalue weighted by Crippen LogP contribution is 2.24. The van der Waals surface area contributed by atoms with Crippen molar-refractivity contribution in [3.05, 3.63) is 112 Å². The molecule has 8 nitrogen and oxygen atoms in total. The summed E-state index contributed by atoms with van der Waals surface area (Å²) in [6, 6.07) is 20.6. The first-order valence-electron chi connectivity index (χ1n) is 11.0. The van der Waals surface area contributed by atoms with Crippen LogP contribution in [0.2, 0.25) is 0 Å². The lowest BCUT2D eigenvalue weighted by atomic mass is 10.1. The summed E-state index contributed by atoms with van der Waals surface area (Å²) in [4.78, 5) is 25.0. The number of carbonyl (C=O) groups is 1. The fraction of sp³-hybridized carbons (Fsp3) is 0.148. The maximum absolute atomic E-state index is 13.4. The van der Waals surface area contributed by atoms with Crippen LogP contribution in [0, 0.1) is 5.82 Å². The predicted molar refractivity (Wildman–Crippen MR) is 131 cm³/mol. The summed E-state index contributed by atoms with van der Waals surface area (Å²) >= 11 is 0. The molecule has 0 bridgehead atoms. The van der Waals surface area contributed by atoms with Crippen LogP contribution in [0.25, 0.3) is 5.69 Å². The standard InChI is InChI=1S/C27H24FN3O5/c1-34-23-11-8-20(24(15-23)35-2)16-29-27(33)19-6-9-22(10-7-19)31-26(32)13-12-25(30-31)36-17-18-4-3-5-21(28)14-18/h3-15H,16-17H2,1-2H3,(H,29,33). The molecule has 184 valence electrons. The molecule has 4 rings (SSSR count). The lowest BCUT2D eigenvalue weighted by molar-refractivity contribution is 0.0950. The number of benzene rings is 3. The number of aromatic nitrogens is 2. The number of halogens is 1. The third-order valence-corrected chi connectivity index (χ3v) is 5.36. The average Bonchev–Trinajstić information content (AvgIpc) is 2.91. The number of carbonyl (C=O) groups excluding carboxylic acids is 1. The van der Waals surface area contributed by atoms with E-state index in [1.807, 2.05) is 6.07 Å². The van der Waals surface area contributed by atoms with Gasteiger partial charge in [0.05, 0.1) is 19.9 Å². The van der Waals surface area contributed by atoms with Crippen LogP contribution < -0.4 is 25.1 Å². The van der Waals surface area contributed by atoms with Gasteiger partial charge in [0.15, 0.2) is 0 Å². The number of methoxy groups -OCH3 is 2. The van der Waals surface area contributed by atoms with Gasteiger partial charge in [-0.3, -0.25) is 9.59 Å². The third kappa shape index (κ3) is 5.87. The lowest BCUT2D eigenvalue weighted by Crippen LogP contribution is -2.23. The number of hydrogen-bond acceptors (Lipinski definition) is 6. The first-order chi connectivity index (χ1) is 17.5. The zero-order chi connectivity index (χ0) is 25.5. The Labute approximate surface area is 206 Å². The van der Waals surface area contributed by atoms with Gasteiger partial charge in [-0.15, -0.1) is 5.10 Å². The van der Waals surface area contributed by atoms with Gasteiger partial charge in [0.1, 0.15) is 23.9 Å². The van der Waals surface area contributed by atoms with Gasteiger partial charge in [0, 0.05) is 35.9 Å². The number of hydrogen-bond donors (Lipinski definition) is 1. The molecule has 0 aliphatic carbocycles. The van der Waals surface area contributed by atoms with Gasteiger partial charge in [-0.2, -0.15) is 4.68 Å². The molecule has 0 unspecified atom stereocenters. The van der Waals surface area contributed by atoms with Crippen LogP contribution in [0.4, 0.5) is 4.39 Å². The minimum absolute atomic E-state index is 0.0983. The second-order valence-electron chi connectivity index (χ2n) is 7.75. The molecular formula is C27H24FN3O5. The highest BCUT2D eigenvalue weighted by Gasteiger charge is 2.11. The lowest BCUT2D eigenvalue weighted by Gasteiger charge is -2.12. The van der Waals surface area contributed by atoms with Crippen molar-refractivity contribution in [1.29, 1.82) is 0 Å². The van der Waals surface area contributed by atoms with Crippen LogP contribution in [0.15, 0.2) is 83.7 Å². The Kier molecular flexibility index (Phi) is 7.60. The molecule has 4 aromatic rings. The largest absolute Gasteiger partial charge is 0.497 e. The van der Waals surface area contributed by atoms with Crippen molar-refractivity contribution in [3.63, 3.8) is 0 Å². The Morgan fingerprint density at radius 1 is 0.972 bits per heavy atom. The molecular weight excluding hydrogens is 465 g/mol. The van der Waals surface area contributed by atoms with E-state index in [4.69, 9.17) is 14.2 Å². The van der Waals surface area contributed by atoms with Gasteiger partial charge < -0.3 is 19.5 Å². The molecule has 0 aliphatic heterocycles. The van der Waals surface area contributed by atoms with Crippen LogP contribution in [-0.4, -0.2) is 29.9 Å². The van der Waals surface area contributed by atoms with Crippen molar-refractivity contribution in [2.75, 3.05) is 14.2 Å². The van der Waals surface area contributed by atoms with Crippen LogP contribution in [0.5, 0.6) is 17.4 Å². The second kappa shape index (κ2) is 11.2. The molecule has 9 heteroatoms. The Hall–Kier alpha value is -4.66. The SMILES string of the molecule is COc1ccc(CNC(=O)c2ccc(-n3nc(OCc4cccc(F)c4)ccc3=O)cc2)c(OC)c1. The first kappa shape index (κ1) is 24.5. The van der Waals surface area contributed by atoms with Gasteiger partial charge in [0.25, 0.3) is 11.5 Å². The maximum atomic E-state index is 13.4. The highest BCUT2D eigenvalue weighted by atomic mass is 19.1. The van der Waals surface area contributed by atoms with Gasteiger partial charge in [-0.25, -0.2) is 4.39 Å². The van der Waals surface area contributed by atoms with Crippen molar-refractivity contribution in [3.8, 4) is 23.1 Å². The van der Waals surface area contributed by atoms with Gasteiger partial charge in [0.2, 0.25) is 5.88 Å². The van der Waals surface area contributed by atoms with Gasteiger partial charge in [-0.1, -0.05) is 12.1 Å². The van der Waals surface area contributed by atoms with E-state index in [1.54, 1.807) is 62.8 Å². The van der Waals surface area contributed by atoms with E-state index < -0.39 is 0 Å². The molecule has 0 saturated heterocycles. The molecule has 0 radical (unpaired) electrons. The number of rotatable bonds is 9. The molecule has 0 saturated carbocycles. The van der Waals surface area contributed by atoms with Crippen LogP contribution in [0.3, 0.4) is 0 Å². The van der Waals surface area contributed by atoms with Crippen molar-refractivity contribution in [2.24, 2.45) is 0 Å². The van der Waals surface area contributed by atoms with Crippen molar-refractivity contribution in [1.82, 2.24) is 15.1 Å². The van der Waals surface area contributed by atoms with Crippen LogP contribution in [0.1, 0.15) is 21.5 Å². The maximum Gasteiger partial charge on any atom is 0.271 e. The number of nitrogens with zero attached hydrogens (tertiary/aromatic N) is 2. The summed E-state index contributed by atoms with van der Waals surface area (Å²) in [6.07, 6.45) is 0. The van der Waals surface area contributed by atoms with E-state index in [-0.39, 0.29) is 36.3 Å². The van der Waals surface area contributed by atoms with E-state index in [0.29, 0.717) is 28.3 Å². The van der Waals surface area contributed by atoms with Crippen LogP contribution >= 0.6 is 0 Å². The molecule has 1 heterocycles. The van der Waals surface area contributed by atoms with Crippen LogP contribution in [-0.2, 0) is 13.2 Å². The van der Waals surface area contributed by atoms with E-state index in [9.17, 15) is 14.0 Å². The van der Waals surface area contributed by atoms with Gasteiger partial charge in [-0.05, 0) is 54.1 Å². The smallest absolute Gasteiger partial charge is 0.271 e. The summed E-state index contributed by atoms with van der Waals surface area (Å²) < 4.78 is 30.7. The first-order valence-corrected chi connectivity index (χ1v) is 11.0. The Balaban J connectivity index is 1.43. The topological polar surface area (TPSA) is 91.7 Å². The summed E-state index contributed by atoms with van der Waals surface area (Å²) in [5, 5.41) is 7.08. The fourth-order valence-electron chi connectivity index (χ4n) is 3.47. The minimum Gasteiger partial charge on any atom is -0.497 e. The quantitative estimate of drug-likeness (QED) is 0.384. The summed E-state index contributed by atoms with van der Waals surface area (Å²) in [5.41, 5.74) is 1.95. The molecule has 0 spiro atoms. The summed E-state index contributed by atoms with van der Waals surface area (Å²) in [6.45, 7) is 0.362. The predicted octanol–water partition coefficient (Wildman–Crippen LogP) is 3.90. The molecule has 1 amide bonds. The highest BCUT2D eigenvalue weighted by molar-refractivity contribution is 5.94. The third-order valence-electron chi connectivity index (χ3n) is 5.36. The van der Waals surface area contributed by atoms with E-state index in [2.05, 4.69) is 10.4 Å². The molecule has 0 fully saturated rings. The zero-order valence-corrected chi connectivity index (χ0v) is 19.7. The monoisotopic (exact) mass is 489 g/mol.